The third-order valence-electron chi connectivity index (χ3n) is 4.63. The van der Waals surface area contributed by atoms with Crippen LogP contribution in [0, 0.1) is 0 Å². The molecule has 4 aromatic rings. The lowest BCUT2D eigenvalue weighted by Crippen LogP contribution is -2.19. The Morgan fingerprint density at radius 3 is 2.41 bits per heavy atom. The van der Waals surface area contributed by atoms with Crippen LogP contribution >= 0.6 is 0 Å². The topological polar surface area (TPSA) is 67.0 Å². The monoisotopic (exact) mass is 391 g/mol. The van der Waals surface area contributed by atoms with E-state index < -0.39 is 0 Å². The van der Waals surface area contributed by atoms with Crippen LogP contribution < -0.4 is 19.8 Å². The number of ether oxygens (including phenoxy) is 3. The summed E-state index contributed by atoms with van der Waals surface area (Å²) in [6, 6.07) is 12.8. The van der Waals surface area contributed by atoms with E-state index in [2.05, 4.69) is 4.98 Å². The maximum atomic E-state index is 13.1. The summed E-state index contributed by atoms with van der Waals surface area (Å²) in [5, 5.41) is 0. The Morgan fingerprint density at radius 2 is 1.72 bits per heavy atom. The average Bonchev–Trinajstić information content (AvgIpc) is 3.20. The minimum atomic E-state index is -0.218. The average molecular weight is 391 g/mol. The van der Waals surface area contributed by atoms with Gasteiger partial charge >= 0.3 is 0 Å². The predicted octanol–water partition coefficient (Wildman–Crippen LogP) is 3.57. The van der Waals surface area contributed by atoms with Gasteiger partial charge < -0.3 is 18.6 Å². The Labute approximate surface area is 167 Å². The van der Waals surface area contributed by atoms with Crippen molar-refractivity contribution in [2.24, 2.45) is 0 Å². The van der Waals surface area contributed by atoms with E-state index in [-0.39, 0.29) is 5.56 Å². The molecule has 148 valence electrons. The van der Waals surface area contributed by atoms with Crippen LogP contribution in [0.25, 0.3) is 22.6 Å². The molecule has 0 amide bonds. The van der Waals surface area contributed by atoms with Crippen molar-refractivity contribution in [1.29, 1.82) is 0 Å². The van der Waals surface area contributed by atoms with Crippen LogP contribution in [-0.4, -0.2) is 34.8 Å². The highest BCUT2D eigenvalue weighted by atomic mass is 16.5. The second kappa shape index (κ2) is 7.71. The normalized spacial score (nSPS) is 10.9. The summed E-state index contributed by atoms with van der Waals surface area (Å²) in [7, 11) is 3.20. The number of methoxy groups -OCH3 is 2. The van der Waals surface area contributed by atoms with E-state index in [1.54, 1.807) is 41.8 Å². The molecule has 0 N–H and O–H groups in total. The minimum Gasteiger partial charge on any atom is -0.497 e. The number of nitrogens with zero attached hydrogens (tertiary/aromatic N) is 3. The van der Waals surface area contributed by atoms with E-state index in [1.807, 2.05) is 49.4 Å². The van der Waals surface area contributed by atoms with Gasteiger partial charge in [-0.05, 0) is 49.4 Å². The van der Waals surface area contributed by atoms with Crippen molar-refractivity contribution in [3.63, 3.8) is 0 Å². The van der Waals surface area contributed by atoms with Crippen LogP contribution in [0.4, 0.5) is 0 Å². The molecule has 0 fully saturated rings. The second-order valence-corrected chi connectivity index (χ2v) is 6.32. The maximum Gasteiger partial charge on any atom is 0.298 e. The highest BCUT2D eigenvalue weighted by Gasteiger charge is 2.14. The number of aromatic nitrogens is 3. The first-order valence-corrected chi connectivity index (χ1v) is 9.20. The molecule has 2 aromatic heterocycles. The lowest BCUT2D eigenvalue weighted by molar-refractivity contribution is 0.340. The summed E-state index contributed by atoms with van der Waals surface area (Å²) >= 11 is 0. The van der Waals surface area contributed by atoms with Gasteiger partial charge in [-0.3, -0.25) is 9.36 Å². The largest absolute Gasteiger partial charge is 0.497 e. The lowest BCUT2D eigenvalue weighted by Gasteiger charge is -2.08. The molecule has 0 aliphatic heterocycles. The molecule has 7 heteroatoms. The molecular formula is C22H21N3O4. The fourth-order valence-corrected chi connectivity index (χ4v) is 3.20. The van der Waals surface area contributed by atoms with E-state index in [0.717, 1.165) is 17.0 Å². The second-order valence-electron chi connectivity index (χ2n) is 6.32. The number of fused-ring (bicyclic) bond motifs is 1. The molecular weight excluding hydrogens is 370 g/mol. The van der Waals surface area contributed by atoms with Crippen LogP contribution in [0.3, 0.4) is 0 Å². The molecule has 0 bridgehead atoms. The molecule has 0 aliphatic rings. The quantitative estimate of drug-likeness (QED) is 0.503. The summed E-state index contributed by atoms with van der Waals surface area (Å²) < 4.78 is 19.5. The summed E-state index contributed by atoms with van der Waals surface area (Å²) in [4.78, 5) is 17.6. The van der Waals surface area contributed by atoms with Gasteiger partial charge in [-0.15, -0.1) is 0 Å². The summed E-state index contributed by atoms with van der Waals surface area (Å²) in [6.45, 7) is 2.52. The van der Waals surface area contributed by atoms with E-state index in [9.17, 15) is 4.79 Å². The van der Waals surface area contributed by atoms with Crippen LogP contribution in [0.15, 0.2) is 65.8 Å². The zero-order valence-electron chi connectivity index (χ0n) is 16.5. The van der Waals surface area contributed by atoms with E-state index in [0.29, 0.717) is 29.4 Å². The van der Waals surface area contributed by atoms with Crippen LogP contribution in [-0.2, 0) is 0 Å². The molecule has 2 heterocycles. The van der Waals surface area contributed by atoms with Gasteiger partial charge in [0.25, 0.3) is 5.56 Å². The predicted molar refractivity (Wildman–Crippen MR) is 110 cm³/mol. The first kappa shape index (κ1) is 18.6. The highest BCUT2D eigenvalue weighted by Crippen LogP contribution is 2.32. The Bertz CT molecular complexity index is 1210. The Balaban J connectivity index is 1.80. The van der Waals surface area contributed by atoms with Gasteiger partial charge in [-0.25, -0.2) is 4.98 Å². The smallest absolute Gasteiger partial charge is 0.298 e. The number of imidazole rings is 1. The molecule has 4 rings (SSSR count). The maximum absolute atomic E-state index is 13.1. The van der Waals surface area contributed by atoms with Gasteiger partial charge in [-0.2, -0.15) is 0 Å². The van der Waals surface area contributed by atoms with Gasteiger partial charge in [0, 0.05) is 29.8 Å². The number of rotatable bonds is 6. The van der Waals surface area contributed by atoms with Crippen molar-refractivity contribution < 1.29 is 14.2 Å². The molecule has 0 saturated heterocycles. The molecule has 2 aromatic carbocycles. The fourth-order valence-electron chi connectivity index (χ4n) is 3.20. The third kappa shape index (κ3) is 3.42. The van der Waals surface area contributed by atoms with Crippen molar-refractivity contribution in [2.45, 2.75) is 6.92 Å². The van der Waals surface area contributed by atoms with Gasteiger partial charge in [0.1, 0.15) is 17.2 Å². The molecule has 0 atom stereocenters. The van der Waals surface area contributed by atoms with Gasteiger partial charge in [0.05, 0.1) is 26.5 Å². The van der Waals surface area contributed by atoms with E-state index in [1.165, 1.54) is 0 Å². The molecule has 0 radical (unpaired) electrons. The molecule has 7 nitrogen and oxygen atoms in total. The van der Waals surface area contributed by atoms with E-state index >= 15 is 0 Å². The van der Waals surface area contributed by atoms with Crippen molar-refractivity contribution in [2.75, 3.05) is 20.8 Å². The lowest BCUT2D eigenvalue weighted by atomic mass is 10.1. The number of hydrogen-bond acceptors (Lipinski definition) is 5. The van der Waals surface area contributed by atoms with Crippen molar-refractivity contribution in [1.82, 2.24) is 14.0 Å². The minimum absolute atomic E-state index is 0.218. The molecule has 0 spiro atoms. The molecule has 0 unspecified atom stereocenters. The van der Waals surface area contributed by atoms with Crippen molar-refractivity contribution in [3.05, 3.63) is 71.4 Å². The third-order valence-corrected chi connectivity index (χ3v) is 4.63. The molecule has 0 saturated carbocycles. The first-order valence-electron chi connectivity index (χ1n) is 9.20. The molecule has 29 heavy (non-hydrogen) atoms. The summed E-state index contributed by atoms with van der Waals surface area (Å²) in [5.74, 6) is 2.10. The van der Waals surface area contributed by atoms with Gasteiger partial charge in [-0.1, -0.05) is 0 Å². The first-order chi connectivity index (χ1) is 14.1. The fraction of sp³-hybridized carbons (Fsp3) is 0.182. The zero-order valence-corrected chi connectivity index (χ0v) is 16.5. The van der Waals surface area contributed by atoms with Gasteiger partial charge in [0.15, 0.2) is 0 Å². The van der Waals surface area contributed by atoms with Crippen LogP contribution in [0.2, 0.25) is 0 Å². The SMILES string of the molecule is CCOc1ccc(-n2ccn3cc(-c4cc(OC)ccc4OC)nc3c2=O)cc1. The van der Waals surface area contributed by atoms with Crippen molar-refractivity contribution in [3.8, 4) is 34.2 Å². The number of benzene rings is 2. The summed E-state index contributed by atoms with van der Waals surface area (Å²) in [6.07, 6.45) is 5.33. The highest BCUT2D eigenvalue weighted by molar-refractivity contribution is 5.70. The zero-order chi connectivity index (χ0) is 20.4. The van der Waals surface area contributed by atoms with Gasteiger partial charge in [0.2, 0.25) is 5.65 Å². The standard InChI is InChI=1S/C22H21N3O4/c1-4-29-16-7-5-15(6-8-16)25-12-11-24-14-19(23-21(24)22(25)26)18-13-17(27-2)9-10-20(18)28-3/h5-14H,4H2,1-3H3. The Kier molecular flexibility index (Phi) is 4.95. The van der Waals surface area contributed by atoms with Crippen LogP contribution in [0.1, 0.15) is 6.92 Å². The Morgan fingerprint density at radius 1 is 0.966 bits per heavy atom. The summed E-state index contributed by atoms with van der Waals surface area (Å²) in [5.41, 5.74) is 2.22. The van der Waals surface area contributed by atoms with Crippen LogP contribution in [0.5, 0.6) is 17.2 Å². The van der Waals surface area contributed by atoms with Crippen molar-refractivity contribution >= 4 is 5.65 Å². The number of hydrogen-bond donors (Lipinski definition) is 0. The van der Waals surface area contributed by atoms with E-state index in [4.69, 9.17) is 14.2 Å². The Hall–Kier alpha value is -3.74. The molecule has 0 aliphatic carbocycles.